The minimum Gasteiger partial charge on any atom is -0.312 e. The summed E-state index contributed by atoms with van der Waals surface area (Å²) < 4.78 is 0.993. The first kappa shape index (κ1) is 12.9. The molecule has 17 heavy (non-hydrogen) atoms. The molecular formula is C10H15N5O2. The fourth-order valence-electron chi connectivity index (χ4n) is 1.24. The van der Waals surface area contributed by atoms with E-state index in [4.69, 9.17) is 0 Å². The van der Waals surface area contributed by atoms with E-state index in [0.717, 1.165) is 4.68 Å². The maximum absolute atomic E-state index is 11.6. The van der Waals surface area contributed by atoms with Crippen LogP contribution in [0.25, 0.3) is 0 Å². The average molecular weight is 237 g/mol. The van der Waals surface area contributed by atoms with Crippen molar-refractivity contribution in [1.29, 1.82) is 0 Å². The van der Waals surface area contributed by atoms with Gasteiger partial charge in [-0.25, -0.2) is 14.8 Å². The monoisotopic (exact) mass is 237 g/mol. The number of aromatic amines is 1. The van der Waals surface area contributed by atoms with Crippen LogP contribution < -0.4 is 16.3 Å². The molecule has 1 N–H and O–H groups in total. The van der Waals surface area contributed by atoms with Crippen molar-refractivity contribution in [1.82, 2.24) is 9.66 Å². The molecule has 1 aromatic heterocycles. The van der Waals surface area contributed by atoms with Crippen LogP contribution >= 0.6 is 0 Å². The molecule has 0 bridgehead atoms. The number of aromatic nitrogens is 2. The summed E-state index contributed by atoms with van der Waals surface area (Å²) in [5.41, 5.74) is -0.437. The maximum Gasteiger partial charge on any atom is 0.347 e. The van der Waals surface area contributed by atoms with Gasteiger partial charge in [-0.1, -0.05) is 0 Å². The SMILES string of the molecule is CCN=C=NCc1cc(=O)n(N(C)C)c(=O)[nH]1. The van der Waals surface area contributed by atoms with Crippen LogP contribution in [0.5, 0.6) is 0 Å². The van der Waals surface area contributed by atoms with Gasteiger partial charge in [-0.15, -0.1) is 0 Å². The van der Waals surface area contributed by atoms with Crippen LogP contribution in [0.2, 0.25) is 0 Å². The Labute approximate surface area is 98.1 Å². The Kier molecular flexibility index (Phi) is 4.42. The largest absolute Gasteiger partial charge is 0.347 e. The standard InChI is InChI=1S/C10H15N5O2/c1-4-11-7-12-6-8-5-9(16)15(14(2)3)10(17)13-8/h5H,4,6H2,1-3H3,(H,13,17). The van der Waals surface area contributed by atoms with Crippen molar-refractivity contribution in [2.24, 2.45) is 9.98 Å². The first-order chi connectivity index (χ1) is 8.06. The van der Waals surface area contributed by atoms with Crippen LogP contribution in [-0.2, 0) is 6.54 Å². The van der Waals surface area contributed by atoms with E-state index >= 15 is 0 Å². The third-order valence-corrected chi connectivity index (χ3v) is 1.92. The lowest BCUT2D eigenvalue weighted by Crippen LogP contribution is -2.46. The molecule has 0 saturated carbocycles. The summed E-state index contributed by atoms with van der Waals surface area (Å²) in [7, 11) is 3.23. The van der Waals surface area contributed by atoms with E-state index in [1.165, 1.54) is 11.1 Å². The fourth-order valence-corrected chi connectivity index (χ4v) is 1.24. The van der Waals surface area contributed by atoms with E-state index in [-0.39, 0.29) is 6.54 Å². The molecule has 1 aromatic rings. The summed E-state index contributed by atoms with van der Waals surface area (Å²) in [6.45, 7) is 2.65. The first-order valence-electron chi connectivity index (χ1n) is 5.17. The van der Waals surface area contributed by atoms with E-state index in [1.54, 1.807) is 14.1 Å². The Balaban J connectivity index is 3.04. The lowest BCUT2D eigenvalue weighted by Gasteiger charge is -2.13. The quantitative estimate of drug-likeness (QED) is 0.712. The van der Waals surface area contributed by atoms with Crippen molar-refractivity contribution >= 4 is 6.01 Å². The molecule has 0 fully saturated rings. The molecule has 0 aliphatic rings. The van der Waals surface area contributed by atoms with Gasteiger partial charge in [0.1, 0.15) is 0 Å². The van der Waals surface area contributed by atoms with E-state index in [9.17, 15) is 9.59 Å². The highest BCUT2D eigenvalue weighted by Gasteiger charge is 2.04. The molecule has 0 aliphatic carbocycles. The van der Waals surface area contributed by atoms with Gasteiger partial charge < -0.3 is 9.99 Å². The predicted molar refractivity (Wildman–Crippen MR) is 65.5 cm³/mol. The van der Waals surface area contributed by atoms with Crippen LogP contribution in [0.1, 0.15) is 12.6 Å². The van der Waals surface area contributed by atoms with E-state index < -0.39 is 11.2 Å². The molecule has 7 nitrogen and oxygen atoms in total. The fraction of sp³-hybridized carbons (Fsp3) is 0.500. The van der Waals surface area contributed by atoms with Gasteiger partial charge in [-0.05, 0) is 6.92 Å². The van der Waals surface area contributed by atoms with Crippen molar-refractivity contribution in [3.8, 4) is 0 Å². The number of nitrogens with zero attached hydrogens (tertiary/aromatic N) is 4. The molecule has 0 radical (unpaired) electrons. The zero-order chi connectivity index (χ0) is 12.8. The highest BCUT2D eigenvalue weighted by atomic mass is 16.2. The molecule has 0 aromatic carbocycles. The Morgan fingerprint density at radius 3 is 2.65 bits per heavy atom. The van der Waals surface area contributed by atoms with Crippen molar-refractivity contribution in [3.05, 3.63) is 32.6 Å². The van der Waals surface area contributed by atoms with Crippen molar-refractivity contribution in [2.45, 2.75) is 13.5 Å². The smallest absolute Gasteiger partial charge is 0.312 e. The highest BCUT2D eigenvalue weighted by molar-refractivity contribution is 5.41. The molecular weight excluding hydrogens is 222 g/mol. The summed E-state index contributed by atoms with van der Waals surface area (Å²) in [5, 5.41) is 1.41. The third kappa shape index (κ3) is 3.42. The summed E-state index contributed by atoms with van der Waals surface area (Å²) in [4.78, 5) is 33.4. The molecule has 0 aliphatic heterocycles. The van der Waals surface area contributed by atoms with Gasteiger partial charge in [0.25, 0.3) is 5.56 Å². The first-order valence-corrected chi connectivity index (χ1v) is 5.17. The maximum atomic E-state index is 11.6. The number of hydrogen-bond acceptors (Lipinski definition) is 5. The van der Waals surface area contributed by atoms with Gasteiger partial charge in [0.2, 0.25) is 0 Å². The van der Waals surface area contributed by atoms with E-state index in [0.29, 0.717) is 12.2 Å². The molecule has 1 heterocycles. The molecule has 7 heteroatoms. The van der Waals surface area contributed by atoms with Crippen LogP contribution in [0.15, 0.2) is 25.6 Å². The second-order valence-corrected chi connectivity index (χ2v) is 3.49. The Bertz CT molecular complexity index is 517. The lowest BCUT2D eigenvalue weighted by molar-refractivity contribution is 0.643. The zero-order valence-electron chi connectivity index (χ0n) is 10.1. The second kappa shape index (κ2) is 5.81. The number of hydrogen-bond donors (Lipinski definition) is 1. The lowest BCUT2D eigenvalue weighted by atomic mass is 10.4. The molecule has 0 atom stereocenters. The highest BCUT2D eigenvalue weighted by Crippen LogP contribution is 1.88. The minimum atomic E-state index is -0.486. The van der Waals surface area contributed by atoms with E-state index in [1.807, 2.05) is 6.92 Å². The van der Waals surface area contributed by atoms with Gasteiger partial charge in [0, 0.05) is 32.4 Å². The molecule has 0 saturated heterocycles. The minimum absolute atomic E-state index is 0.183. The molecule has 0 spiro atoms. The van der Waals surface area contributed by atoms with Crippen LogP contribution in [-0.4, -0.2) is 36.3 Å². The average Bonchev–Trinajstić information content (AvgIpc) is 2.23. The molecule has 0 amide bonds. The summed E-state index contributed by atoms with van der Waals surface area (Å²) in [6.07, 6.45) is 0. The van der Waals surface area contributed by atoms with Gasteiger partial charge in [0.05, 0.1) is 12.6 Å². The third-order valence-electron chi connectivity index (χ3n) is 1.92. The van der Waals surface area contributed by atoms with Crippen LogP contribution in [0.3, 0.4) is 0 Å². The topological polar surface area (TPSA) is 82.8 Å². The van der Waals surface area contributed by atoms with Gasteiger partial charge in [-0.3, -0.25) is 4.79 Å². The number of H-pyrrole nitrogens is 1. The Morgan fingerprint density at radius 2 is 2.12 bits per heavy atom. The van der Waals surface area contributed by atoms with Gasteiger partial charge in [0.15, 0.2) is 0 Å². The number of nitrogens with one attached hydrogen (secondary N) is 1. The van der Waals surface area contributed by atoms with Crippen molar-refractivity contribution < 1.29 is 0 Å². The molecule has 1 rings (SSSR count). The van der Waals surface area contributed by atoms with Gasteiger partial charge in [-0.2, -0.15) is 4.68 Å². The summed E-state index contributed by atoms with van der Waals surface area (Å²) in [5.74, 6) is 0. The second-order valence-electron chi connectivity index (χ2n) is 3.49. The normalized spacial score (nSPS) is 9.59. The zero-order valence-corrected chi connectivity index (χ0v) is 10.1. The van der Waals surface area contributed by atoms with Crippen LogP contribution in [0, 0.1) is 0 Å². The summed E-state index contributed by atoms with van der Waals surface area (Å²) >= 11 is 0. The van der Waals surface area contributed by atoms with E-state index in [2.05, 4.69) is 21.0 Å². The number of rotatable bonds is 4. The van der Waals surface area contributed by atoms with Gasteiger partial charge >= 0.3 is 5.69 Å². The van der Waals surface area contributed by atoms with Crippen molar-refractivity contribution in [2.75, 3.05) is 25.6 Å². The van der Waals surface area contributed by atoms with Crippen LogP contribution in [0.4, 0.5) is 0 Å². The number of aliphatic imine (C=N–C) groups is 2. The Morgan fingerprint density at radius 1 is 1.41 bits per heavy atom. The Hall–Kier alpha value is -2.14. The molecule has 92 valence electrons. The molecule has 0 unspecified atom stereocenters. The predicted octanol–water partition coefficient (Wildman–Crippen LogP) is -0.572. The van der Waals surface area contributed by atoms with Crippen molar-refractivity contribution in [3.63, 3.8) is 0 Å². The summed E-state index contributed by atoms with van der Waals surface area (Å²) in [6, 6.07) is 3.80.